The topological polar surface area (TPSA) is 360 Å². The Morgan fingerprint density at radius 1 is 0.281 bits per heavy atom. The molecule has 10 aromatic rings. The number of alkyl halides is 6. The minimum Gasteiger partial charge on any atom is -0.504 e. The number of pyridine rings is 1. The molecule has 0 saturated carbocycles. The lowest BCUT2D eigenvalue weighted by molar-refractivity contribution is -0.150. The summed E-state index contributed by atoms with van der Waals surface area (Å²) in [5.41, 5.74) is 6.04. The number of rotatable bonds is 0. The Hall–Kier alpha value is -9.68. The van der Waals surface area contributed by atoms with Gasteiger partial charge in [-0.05, 0) is 342 Å². The van der Waals surface area contributed by atoms with E-state index in [9.17, 15) is 143 Å². The van der Waals surface area contributed by atoms with Gasteiger partial charge in [0.1, 0.15) is 22.8 Å². The van der Waals surface area contributed by atoms with Crippen molar-refractivity contribution in [2.45, 2.75) is 234 Å². The summed E-state index contributed by atoms with van der Waals surface area (Å²) in [5.74, 6) is -22.0. The Bertz CT molecular complexity index is 6230. The van der Waals surface area contributed by atoms with E-state index in [4.69, 9.17) is 5.26 Å². The average molecular weight is 2280 g/mol. The van der Waals surface area contributed by atoms with Gasteiger partial charge in [0, 0.05) is 27.1 Å². The zero-order chi connectivity index (χ0) is 102. The Kier molecular flexibility index (Phi) is 25.1. The van der Waals surface area contributed by atoms with Crippen molar-refractivity contribution in [2.75, 3.05) is 0 Å². The van der Waals surface area contributed by atoms with E-state index < -0.39 is 86.7 Å². The lowest BCUT2D eigenvalue weighted by atomic mass is 9.50. The van der Waals surface area contributed by atoms with Crippen molar-refractivity contribution in [1.29, 1.82) is 5.26 Å². The number of benzene rings is 9. The molecule has 0 radical (unpaired) electrons. The fraction of sp³-hybridized carbons (Fsp3) is 0.381. The maximum Gasteiger partial charge on any atom is 0.422 e. The van der Waals surface area contributed by atoms with Crippen LogP contribution in [-0.4, -0.2) is 86.7 Å². The van der Waals surface area contributed by atoms with Gasteiger partial charge < -0.3 is 81.7 Å². The van der Waals surface area contributed by atoms with E-state index in [-0.39, 0.29) is 141 Å². The number of aromatic hydroxyl groups is 16. The number of nitrogens with zero attached hydrogens (tertiary/aromatic N) is 2. The third kappa shape index (κ3) is 15.4. The molecule has 0 fully saturated rings. The zero-order valence-electron chi connectivity index (χ0n) is 74.4. The standard InChI is InChI=1S/C23H28O4.C21H20Br4O4.C21H22Br2O4.C18H18O4.C8F10.C6F4N2/c1-11-17-13(7-15(24)19(11)26)21(3,4)9-23(17)10-22(5,6)14-8-16(25)20(27)12(2)18(14)23;1-19(2)5-21(9-7(19)11(22)15(26)17(28)13(9)24)6-20(3,4)8-10(21)14(25)18(29)16(27)12(8)23;1-19(2)7-21(13-9(19)5-11(24)17(26)15(13)22)8-20(3,4)10-6-12(25)18(27)16(23)14(10)21;1-17-3-4-18(2,11-7-15(21)13(19)5-9(11)17)12-8-16(22)14(20)6-10(12)17;9-3-1(7(13,14)15)4(10)6(12)2(5(3)11)8(16,17)18;7-3-2(1-11)4(8)6(10)12-5(3)9/h7-8,24-27H,9-10H2,1-6H3;26-29H,5-6H2,1-4H3;5-6,24-27H,7-8H2,1-4H3;5-8,19-22H,3-4H2,1-2H3;;. The van der Waals surface area contributed by atoms with Crippen molar-refractivity contribution in [3.8, 4) is 98.1 Å². The highest BCUT2D eigenvalue weighted by molar-refractivity contribution is 9.11. The zero-order valence-corrected chi connectivity index (χ0v) is 83.9. The molecule has 16 N–H and O–H groups in total. The van der Waals surface area contributed by atoms with Gasteiger partial charge in [-0.25, -0.2) is 26.3 Å². The van der Waals surface area contributed by atoms with Gasteiger partial charge >= 0.3 is 12.4 Å². The van der Waals surface area contributed by atoms with Crippen molar-refractivity contribution in [1.82, 2.24) is 4.98 Å². The highest BCUT2D eigenvalue weighted by Crippen LogP contribution is 2.74. The van der Waals surface area contributed by atoms with Gasteiger partial charge in [-0.2, -0.15) is 45.4 Å². The molecule has 9 aromatic carbocycles. The second kappa shape index (κ2) is 33.0. The number of nitriles is 1. The van der Waals surface area contributed by atoms with Crippen molar-refractivity contribution >= 4 is 95.6 Å². The Labute approximate surface area is 814 Å². The largest absolute Gasteiger partial charge is 0.504 e. The molecule has 3 spiro atoms. The summed E-state index contributed by atoms with van der Waals surface area (Å²) in [5, 5.41) is 173. The first-order valence-corrected chi connectivity index (χ1v) is 46.1. The monoisotopic (exact) mass is 2280 g/mol. The van der Waals surface area contributed by atoms with Crippen LogP contribution >= 0.6 is 95.6 Å². The number of phenolic OH excluding ortho intramolecular Hbond substituents is 16. The molecule has 0 aliphatic heterocycles. The number of halogens is 20. The third-order valence-corrected chi connectivity index (χ3v) is 33.1. The number of phenols is 16. The SMILES string of the molecule is CC1(C)CC2(CC(C)(C)c3c(Br)c(O)c(O)c(Br)c32)c2c(Br)c(O)c(O)c(Br)c21.CC1(C)CC2(CC(C)(C)c3cc(O)c(O)c(Br)c32)c2c1cc(O)c(O)c2Br.CC12CCC(C)(c3cc(O)c(O)cc31)c1cc(O)c(O)cc12.Cc1c(O)c(O)cc2c1C1(CC2(C)C)CC(C)(C)c2cc(O)c(O)c(C)c21.Fc1c(F)c(C(F)(F)F)c(F)c(F)c1C(F)(F)F.N#Cc1c(F)c(F)nc(F)c1F. The van der Waals surface area contributed by atoms with Gasteiger partial charge in [0.25, 0.3) is 11.9 Å². The highest BCUT2D eigenvalue weighted by Gasteiger charge is 2.64. The minimum absolute atomic E-state index is 0.0715. The first kappa shape index (κ1) is 103. The van der Waals surface area contributed by atoms with Gasteiger partial charge in [0.05, 0.1) is 26.8 Å². The smallest absolute Gasteiger partial charge is 0.422 e. The van der Waals surface area contributed by atoms with E-state index in [1.54, 1.807) is 48.5 Å². The summed E-state index contributed by atoms with van der Waals surface area (Å²) < 4.78 is 175. The number of hydrogen-bond donors (Lipinski definition) is 16. The highest BCUT2D eigenvalue weighted by atomic mass is 79.9. The van der Waals surface area contributed by atoms with E-state index in [0.717, 1.165) is 134 Å². The molecule has 2 bridgehead atoms. The second-order valence-electron chi connectivity index (χ2n) is 40.1. The van der Waals surface area contributed by atoms with Crippen molar-refractivity contribution in [2.24, 2.45) is 0 Å². The molecule has 722 valence electrons. The molecule has 9 aliphatic rings. The van der Waals surface area contributed by atoms with Crippen LogP contribution in [0.3, 0.4) is 0 Å². The van der Waals surface area contributed by atoms with Crippen LogP contribution in [0.2, 0.25) is 0 Å². The van der Waals surface area contributed by atoms with E-state index in [1.165, 1.54) is 0 Å². The third-order valence-electron chi connectivity index (χ3n) is 28.4. The fourth-order valence-corrected chi connectivity index (χ4v) is 28.3. The van der Waals surface area contributed by atoms with Crippen LogP contribution in [0.4, 0.5) is 61.5 Å². The molecule has 38 heteroatoms. The van der Waals surface area contributed by atoms with Gasteiger partial charge in [-0.15, -0.1) is 0 Å². The van der Waals surface area contributed by atoms with Crippen molar-refractivity contribution in [3.63, 3.8) is 0 Å². The molecule has 0 atom stereocenters. The van der Waals surface area contributed by atoms with Crippen LogP contribution in [0.15, 0.2) is 75.4 Å². The first-order valence-electron chi connectivity index (χ1n) is 41.3. The van der Waals surface area contributed by atoms with Gasteiger partial charge in [0.15, 0.2) is 127 Å². The average Bonchev–Trinajstić information content (AvgIpc) is 0.862. The van der Waals surface area contributed by atoms with Crippen LogP contribution < -0.4 is 0 Å². The van der Waals surface area contributed by atoms with Crippen LogP contribution in [-0.2, 0) is 71.9 Å². The number of fused-ring (bicyclic) bond motifs is 13. The fourth-order valence-electron chi connectivity index (χ4n) is 23.4. The van der Waals surface area contributed by atoms with E-state index in [1.807, 2.05) is 13.8 Å². The van der Waals surface area contributed by atoms with Crippen molar-refractivity contribution < 1.29 is 143 Å². The van der Waals surface area contributed by atoms with Crippen LogP contribution in [0.5, 0.6) is 92.0 Å². The molecular formula is C97H88Br6F14N2O16. The molecule has 135 heavy (non-hydrogen) atoms. The Balaban J connectivity index is 0.000000140. The van der Waals surface area contributed by atoms with E-state index in [0.29, 0.717) is 50.8 Å². The second-order valence-corrected chi connectivity index (χ2v) is 44.8. The minimum atomic E-state index is -5.88. The maximum absolute atomic E-state index is 12.7. The molecule has 1 aromatic heterocycles. The molecule has 9 aliphatic carbocycles. The first-order chi connectivity index (χ1) is 61.6. The Morgan fingerprint density at radius 2 is 0.489 bits per heavy atom. The predicted molar refractivity (Wildman–Crippen MR) is 489 cm³/mol. The summed E-state index contributed by atoms with van der Waals surface area (Å²) >= 11 is 21.2. The molecular weight excluding hydrogens is 2190 g/mol. The van der Waals surface area contributed by atoms with Crippen LogP contribution in [0.25, 0.3) is 0 Å². The lowest BCUT2D eigenvalue weighted by Crippen LogP contribution is -2.46. The summed E-state index contributed by atoms with van der Waals surface area (Å²) in [6.45, 7) is 33.5. The van der Waals surface area contributed by atoms with Crippen LogP contribution in [0.1, 0.15) is 265 Å². The number of hydrogen-bond acceptors (Lipinski definition) is 18. The summed E-state index contributed by atoms with van der Waals surface area (Å²) in [6, 6.07) is 14.2. The molecule has 19 rings (SSSR count). The van der Waals surface area contributed by atoms with Gasteiger partial charge in [0.2, 0.25) is 0 Å². The summed E-state index contributed by atoms with van der Waals surface area (Å²) in [6.07, 6.45) is -5.40. The molecule has 1 heterocycles. The number of aromatic nitrogens is 1. The summed E-state index contributed by atoms with van der Waals surface area (Å²) in [7, 11) is 0. The Morgan fingerprint density at radius 3 is 0.741 bits per heavy atom. The van der Waals surface area contributed by atoms with Gasteiger partial charge in [-0.1, -0.05) is 96.9 Å². The van der Waals surface area contributed by atoms with Gasteiger partial charge in [-0.3, -0.25) is 0 Å². The lowest BCUT2D eigenvalue weighted by Gasteiger charge is -2.53. The van der Waals surface area contributed by atoms with E-state index in [2.05, 4.69) is 197 Å². The molecule has 18 nitrogen and oxygen atoms in total. The van der Waals surface area contributed by atoms with Crippen molar-refractivity contribution in [3.05, 3.63) is 239 Å². The predicted octanol–water partition coefficient (Wildman–Crippen LogP) is 26.7. The van der Waals surface area contributed by atoms with E-state index >= 15 is 0 Å². The molecule has 0 saturated heterocycles. The normalized spacial score (nSPS) is 19.8. The summed E-state index contributed by atoms with van der Waals surface area (Å²) in [4.78, 5) is 2.25. The quantitative estimate of drug-likeness (QED) is 0.0290. The molecule has 0 amide bonds. The van der Waals surface area contributed by atoms with Crippen LogP contribution in [0, 0.1) is 72.0 Å². The maximum atomic E-state index is 12.7. The molecule has 0 unspecified atom stereocenters.